The zero-order valence-electron chi connectivity index (χ0n) is 12.0. The number of nitro benzene ring substituents is 1. The first-order chi connectivity index (χ1) is 11.3. The quantitative estimate of drug-likeness (QED) is 0.294. The third kappa shape index (κ3) is 3.78. The number of hydrogen-bond donors (Lipinski definition) is 1. The maximum Gasteiger partial charge on any atom is 0.337 e. The number of nitrogens with zero attached hydrogens (tertiary/aromatic N) is 1. The third-order valence-corrected chi connectivity index (χ3v) is 3.56. The molecule has 0 amide bonds. The lowest BCUT2D eigenvalue weighted by Gasteiger charge is -2.13. The van der Waals surface area contributed by atoms with E-state index in [1.54, 1.807) is 0 Å². The van der Waals surface area contributed by atoms with Gasteiger partial charge in [0.1, 0.15) is 12.4 Å². The largest absolute Gasteiger partial charge is 0.482 e. The summed E-state index contributed by atoms with van der Waals surface area (Å²) in [6, 6.07) is 4.47. The van der Waals surface area contributed by atoms with Crippen molar-refractivity contribution in [2.75, 3.05) is 11.9 Å². The van der Waals surface area contributed by atoms with E-state index in [-0.39, 0.29) is 12.3 Å². The molecule has 0 bridgehead atoms. The lowest BCUT2D eigenvalue weighted by molar-refractivity contribution is -0.385. The number of ether oxygens (including phenoxy) is 1. The van der Waals surface area contributed by atoms with Gasteiger partial charge in [0.15, 0.2) is 17.3 Å². The summed E-state index contributed by atoms with van der Waals surface area (Å²) in [6.45, 7) is 3.22. The van der Waals surface area contributed by atoms with Crippen LogP contribution in [0.25, 0.3) is 0 Å². The first kappa shape index (κ1) is 18.0. The molecule has 1 N–H and O–H groups in total. The zero-order chi connectivity index (χ0) is 17.9. The van der Waals surface area contributed by atoms with Gasteiger partial charge in [0.25, 0.3) is 0 Å². The van der Waals surface area contributed by atoms with Gasteiger partial charge in [0.2, 0.25) is 5.75 Å². The van der Waals surface area contributed by atoms with Crippen LogP contribution in [0.2, 0.25) is 0 Å². The average Bonchev–Trinajstić information content (AvgIpc) is 2.51. The van der Waals surface area contributed by atoms with Crippen LogP contribution in [0.4, 0.5) is 30.2 Å². The molecule has 5 nitrogen and oxygen atoms in total. The molecule has 0 heterocycles. The second-order valence-corrected chi connectivity index (χ2v) is 5.75. The minimum absolute atomic E-state index is 0.150. The molecule has 0 unspecified atom stereocenters. The summed E-state index contributed by atoms with van der Waals surface area (Å²) >= 11 is 1.86. The summed E-state index contributed by atoms with van der Waals surface area (Å²) in [6.07, 6.45) is 1.29. The standard InChI is InChI=1S/C15H10F3IN2O3/c1-2-5-24-12-7-10(17)13(18)14(15(12)21(22)23)20-11-4-3-8(19)6-9(11)16/h2-4,6-7,20H,1,5H2. The highest BCUT2D eigenvalue weighted by molar-refractivity contribution is 14.1. The molecule has 2 aromatic rings. The Bertz CT molecular complexity index is 815. The minimum atomic E-state index is -1.51. The highest BCUT2D eigenvalue weighted by atomic mass is 127. The Morgan fingerprint density at radius 2 is 2.00 bits per heavy atom. The van der Waals surface area contributed by atoms with Gasteiger partial charge in [-0.25, -0.2) is 13.2 Å². The molecule has 126 valence electrons. The molecule has 2 rings (SSSR count). The van der Waals surface area contributed by atoms with Crippen molar-refractivity contribution in [3.63, 3.8) is 0 Å². The van der Waals surface area contributed by atoms with Crippen LogP contribution >= 0.6 is 22.6 Å². The molecule has 24 heavy (non-hydrogen) atoms. The van der Waals surface area contributed by atoms with Crippen molar-refractivity contribution in [3.05, 3.63) is 68.1 Å². The van der Waals surface area contributed by atoms with E-state index in [4.69, 9.17) is 4.74 Å². The molecule has 2 aromatic carbocycles. The first-order valence-electron chi connectivity index (χ1n) is 6.47. The Balaban J connectivity index is 2.59. The van der Waals surface area contributed by atoms with E-state index >= 15 is 0 Å². The maximum absolute atomic E-state index is 14.1. The second kappa shape index (κ2) is 7.51. The van der Waals surface area contributed by atoms with Crippen molar-refractivity contribution in [1.82, 2.24) is 0 Å². The molecular weight excluding hydrogens is 440 g/mol. The third-order valence-electron chi connectivity index (χ3n) is 2.89. The highest BCUT2D eigenvalue weighted by Crippen LogP contribution is 2.40. The van der Waals surface area contributed by atoms with Crippen molar-refractivity contribution < 1.29 is 22.8 Å². The van der Waals surface area contributed by atoms with Crippen LogP contribution in [0.5, 0.6) is 5.75 Å². The Morgan fingerprint density at radius 1 is 1.29 bits per heavy atom. The van der Waals surface area contributed by atoms with E-state index in [2.05, 4.69) is 11.9 Å². The Morgan fingerprint density at radius 3 is 2.58 bits per heavy atom. The molecule has 9 heteroatoms. The molecule has 0 aromatic heterocycles. The number of benzene rings is 2. The van der Waals surface area contributed by atoms with Gasteiger partial charge < -0.3 is 10.1 Å². The summed E-state index contributed by atoms with van der Waals surface area (Å²) < 4.78 is 47.3. The summed E-state index contributed by atoms with van der Waals surface area (Å²) in [5, 5.41) is 13.5. The van der Waals surface area contributed by atoms with Crippen molar-refractivity contribution in [3.8, 4) is 5.75 Å². The van der Waals surface area contributed by atoms with E-state index in [1.165, 1.54) is 18.2 Å². The fourth-order valence-electron chi connectivity index (χ4n) is 1.87. The van der Waals surface area contributed by atoms with Crippen LogP contribution in [0.3, 0.4) is 0 Å². The number of nitrogens with one attached hydrogen (secondary N) is 1. The number of nitro groups is 1. The Labute approximate surface area is 148 Å². The van der Waals surface area contributed by atoms with Gasteiger partial charge in [0, 0.05) is 9.64 Å². The van der Waals surface area contributed by atoms with Crippen LogP contribution < -0.4 is 10.1 Å². The van der Waals surface area contributed by atoms with Crippen molar-refractivity contribution in [2.24, 2.45) is 0 Å². The summed E-state index contributed by atoms with van der Waals surface area (Å²) in [5.74, 6) is -4.14. The number of hydrogen-bond acceptors (Lipinski definition) is 4. The van der Waals surface area contributed by atoms with E-state index in [0.717, 1.165) is 6.07 Å². The summed E-state index contributed by atoms with van der Waals surface area (Å²) in [4.78, 5) is 10.3. The number of halogens is 4. The fraction of sp³-hybridized carbons (Fsp3) is 0.0667. The molecule has 0 aliphatic carbocycles. The van der Waals surface area contributed by atoms with Gasteiger partial charge in [-0.15, -0.1) is 0 Å². The van der Waals surface area contributed by atoms with Gasteiger partial charge in [-0.3, -0.25) is 10.1 Å². The van der Waals surface area contributed by atoms with Gasteiger partial charge in [0.05, 0.1) is 10.6 Å². The van der Waals surface area contributed by atoms with Crippen LogP contribution in [0.1, 0.15) is 0 Å². The predicted molar refractivity (Wildman–Crippen MR) is 91.1 cm³/mol. The topological polar surface area (TPSA) is 64.4 Å². The van der Waals surface area contributed by atoms with E-state index in [0.29, 0.717) is 9.64 Å². The average molecular weight is 450 g/mol. The molecule has 0 saturated carbocycles. The molecule has 0 atom stereocenters. The monoisotopic (exact) mass is 450 g/mol. The second-order valence-electron chi connectivity index (χ2n) is 4.50. The van der Waals surface area contributed by atoms with Gasteiger partial charge in [-0.1, -0.05) is 12.7 Å². The number of anilines is 2. The number of rotatable bonds is 6. The first-order valence-corrected chi connectivity index (χ1v) is 7.55. The SMILES string of the molecule is C=CCOc1cc(F)c(F)c(Nc2ccc(I)cc2F)c1[N+](=O)[O-]. The van der Waals surface area contributed by atoms with E-state index in [9.17, 15) is 23.3 Å². The zero-order valence-corrected chi connectivity index (χ0v) is 14.1. The lowest BCUT2D eigenvalue weighted by atomic mass is 10.2. The van der Waals surface area contributed by atoms with Crippen molar-refractivity contribution >= 4 is 39.7 Å². The van der Waals surface area contributed by atoms with E-state index < -0.39 is 39.5 Å². The summed E-state index contributed by atoms with van der Waals surface area (Å²) in [7, 11) is 0. The van der Waals surface area contributed by atoms with Crippen LogP contribution in [-0.4, -0.2) is 11.5 Å². The smallest absolute Gasteiger partial charge is 0.337 e. The van der Waals surface area contributed by atoms with Gasteiger partial charge >= 0.3 is 5.69 Å². The molecule has 0 aliphatic rings. The van der Waals surface area contributed by atoms with Crippen molar-refractivity contribution in [2.45, 2.75) is 0 Å². The fourth-order valence-corrected chi connectivity index (χ4v) is 2.33. The molecule has 0 spiro atoms. The van der Waals surface area contributed by atoms with Gasteiger partial charge in [-0.05, 0) is 40.8 Å². The predicted octanol–water partition coefficient (Wildman–Crippen LogP) is 4.93. The van der Waals surface area contributed by atoms with E-state index in [1.807, 2.05) is 22.6 Å². The van der Waals surface area contributed by atoms with Crippen LogP contribution in [0, 0.1) is 31.1 Å². The maximum atomic E-state index is 14.1. The molecule has 0 saturated heterocycles. The molecule has 0 aliphatic heterocycles. The molecular formula is C15H10F3IN2O3. The summed E-state index contributed by atoms with van der Waals surface area (Å²) in [5.41, 5.74) is -1.90. The van der Waals surface area contributed by atoms with Crippen molar-refractivity contribution in [1.29, 1.82) is 0 Å². The minimum Gasteiger partial charge on any atom is -0.482 e. The molecule has 0 radical (unpaired) electrons. The Kier molecular flexibility index (Phi) is 5.65. The normalized spacial score (nSPS) is 10.3. The molecule has 0 fully saturated rings. The highest BCUT2D eigenvalue weighted by Gasteiger charge is 2.29. The lowest BCUT2D eigenvalue weighted by Crippen LogP contribution is -2.07. The van der Waals surface area contributed by atoms with Crippen LogP contribution in [0.15, 0.2) is 36.9 Å². The Hall–Kier alpha value is -2.30. The van der Waals surface area contributed by atoms with Gasteiger partial charge in [-0.2, -0.15) is 0 Å². The van der Waals surface area contributed by atoms with Crippen LogP contribution in [-0.2, 0) is 0 Å².